The van der Waals surface area contributed by atoms with E-state index >= 15 is 0 Å². The maximum Gasteiger partial charge on any atom is 0.226 e. The Balaban J connectivity index is 0.00000121. The molecule has 0 aromatic carbocycles. The molecule has 0 spiro atoms. The number of amides is 1. The lowest BCUT2D eigenvalue weighted by molar-refractivity contribution is -0.122. The summed E-state index contributed by atoms with van der Waals surface area (Å²) in [6, 6.07) is 0. The number of hydrogen-bond acceptors (Lipinski definition) is 2. The maximum absolute atomic E-state index is 11.0. The first-order chi connectivity index (χ1) is 5.08. The second kappa shape index (κ2) is 4.51. The lowest BCUT2D eigenvalue weighted by Gasteiger charge is -2.01. The highest BCUT2D eigenvalue weighted by Crippen LogP contribution is 2.53. The van der Waals surface area contributed by atoms with E-state index in [2.05, 4.69) is 5.32 Å². The molecule has 12 heavy (non-hydrogen) atoms. The van der Waals surface area contributed by atoms with Crippen LogP contribution in [0.5, 0.6) is 0 Å². The average molecular weight is 234 g/mol. The normalized spacial score (nSPS) is 24.1. The molecule has 6 heteroatoms. The summed E-state index contributed by atoms with van der Waals surface area (Å²) in [6.45, 7) is 0.926. The zero-order valence-electron chi connectivity index (χ0n) is 6.35. The van der Waals surface area contributed by atoms with Crippen LogP contribution in [-0.2, 0) is 4.79 Å². The van der Waals surface area contributed by atoms with Gasteiger partial charge in [-0.05, 0) is 6.42 Å². The number of hydrogen-bond donors (Lipinski definition) is 2. The Morgan fingerprint density at radius 3 is 2.50 bits per heavy atom. The maximum atomic E-state index is 11.0. The summed E-state index contributed by atoms with van der Waals surface area (Å²) in [4.78, 5) is 11.0. The molecule has 1 unspecified atom stereocenters. The second-order valence-corrected chi connectivity index (χ2v) is 4.14. The van der Waals surface area contributed by atoms with Gasteiger partial charge >= 0.3 is 0 Å². The highest BCUT2D eigenvalue weighted by molar-refractivity contribution is 6.52. The monoisotopic (exact) mass is 232 g/mol. The Hall–Kier alpha value is 0.300. The minimum atomic E-state index is -0.821. The smallest absolute Gasteiger partial charge is 0.226 e. The second-order valence-electron chi connectivity index (χ2n) is 2.60. The molecule has 0 bridgehead atoms. The zero-order valence-corrected chi connectivity index (χ0v) is 8.68. The van der Waals surface area contributed by atoms with Crippen LogP contribution in [0.15, 0.2) is 0 Å². The molecule has 0 radical (unpaired) electrons. The number of nitrogens with two attached hydrogens (primary N) is 1. The van der Waals surface area contributed by atoms with Gasteiger partial charge in [-0.3, -0.25) is 4.79 Å². The predicted octanol–water partition coefficient (Wildman–Crippen LogP) is 0.677. The predicted molar refractivity (Wildman–Crippen MR) is 51.9 cm³/mol. The van der Waals surface area contributed by atoms with Crippen molar-refractivity contribution in [2.75, 3.05) is 13.1 Å². The van der Waals surface area contributed by atoms with E-state index < -0.39 is 4.33 Å². The van der Waals surface area contributed by atoms with Crippen molar-refractivity contribution in [1.82, 2.24) is 5.32 Å². The van der Waals surface area contributed by atoms with Crippen LogP contribution in [0.3, 0.4) is 0 Å². The molecule has 3 nitrogen and oxygen atoms in total. The molecule has 1 rings (SSSR count). The number of nitrogens with one attached hydrogen (secondary N) is 1. The number of alkyl halides is 2. The summed E-state index contributed by atoms with van der Waals surface area (Å²) in [7, 11) is 0. The standard InChI is InChI=1S/C6H10Cl2N2O.ClH/c7-6(8)3-4(6)5(11)10-2-1-9;/h4H,1-3,9H2,(H,10,11);1H. The summed E-state index contributed by atoms with van der Waals surface area (Å²) in [6.07, 6.45) is 0.548. The van der Waals surface area contributed by atoms with E-state index in [0.717, 1.165) is 0 Å². The van der Waals surface area contributed by atoms with E-state index in [-0.39, 0.29) is 24.2 Å². The highest BCUT2D eigenvalue weighted by Gasteiger charge is 2.56. The number of carbonyl (C=O) groups is 1. The Bertz CT molecular complexity index is 174. The van der Waals surface area contributed by atoms with Gasteiger partial charge in [0.05, 0.1) is 5.92 Å². The molecule has 3 N–H and O–H groups in total. The molecule has 0 heterocycles. The molecule has 0 aromatic rings. The molecule has 1 amide bonds. The molecular weight excluding hydrogens is 222 g/mol. The van der Waals surface area contributed by atoms with Crippen molar-refractivity contribution in [3.05, 3.63) is 0 Å². The van der Waals surface area contributed by atoms with Crippen molar-refractivity contribution in [2.45, 2.75) is 10.8 Å². The number of halogens is 3. The SMILES string of the molecule is Cl.NCCNC(=O)C1CC1(Cl)Cl. The molecule has 1 fully saturated rings. The Morgan fingerprint density at radius 2 is 2.17 bits per heavy atom. The van der Waals surface area contributed by atoms with Gasteiger partial charge in [0.2, 0.25) is 5.91 Å². The van der Waals surface area contributed by atoms with Crippen LogP contribution >= 0.6 is 35.6 Å². The quantitative estimate of drug-likeness (QED) is 0.704. The largest absolute Gasteiger partial charge is 0.354 e. The number of rotatable bonds is 3. The topological polar surface area (TPSA) is 55.1 Å². The van der Waals surface area contributed by atoms with Crippen molar-refractivity contribution in [3.63, 3.8) is 0 Å². The van der Waals surface area contributed by atoms with Gasteiger partial charge in [0.15, 0.2) is 0 Å². The molecule has 0 saturated heterocycles. The van der Waals surface area contributed by atoms with E-state index in [1.54, 1.807) is 0 Å². The first-order valence-corrected chi connectivity index (χ1v) is 4.19. The third kappa shape index (κ3) is 2.98. The summed E-state index contributed by atoms with van der Waals surface area (Å²) in [5.41, 5.74) is 5.18. The molecule has 72 valence electrons. The van der Waals surface area contributed by atoms with Gasteiger partial charge in [-0.2, -0.15) is 0 Å². The van der Waals surface area contributed by atoms with Crippen LogP contribution in [0.2, 0.25) is 0 Å². The lowest BCUT2D eigenvalue weighted by Crippen LogP contribution is -2.31. The highest BCUT2D eigenvalue weighted by atomic mass is 35.5. The lowest BCUT2D eigenvalue weighted by atomic mass is 10.4. The fourth-order valence-corrected chi connectivity index (χ4v) is 1.32. The summed E-state index contributed by atoms with van der Waals surface area (Å²) in [5.74, 6) is -0.335. The summed E-state index contributed by atoms with van der Waals surface area (Å²) < 4.78 is -0.821. The van der Waals surface area contributed by atoms with E-state index in [4.69, 9.17) is 28.9 Å². The van der Waals surface area contributed by atoms with Crippen LogP contribution in [0.4, 0.5) is 0 Å². The Morgan fingerprint density at radius 1 is 1.67 bits per heavy atom. The first-order valence-electron chi connectivity index (χ1n) is 3.43. The molecule has 1 aliphatic carbocycles. The molecule has 0 aromatic heterocycles. The van der Waals surface area contributed by atoms with E-state index in [1.165, 1.54) is 0 Å². The first kappa shape index (κ1) is 12.3. The van der Waals surface area contributed by atoms with Crippen molar-refractivity contribution in [2.24, 2.45) is 11.7 Å². The fraction of sp³-hybridized carbons (Fsp3) is 0.833. The van der Waals surface area contributed by atoms with Crippen molar-refractivity contribution >= 4 is 41.5 Å². The minimum absolute atomic E-state index is 0. The number of carbonyl (C=O) groups excluding carboxylic acids is 1. The zero-order chi connectivity index (χ0) is 8.48. The van der Waals surface area contributed by atoms with Crippen LogP contribution in [0, 0.1) is 5.92 Å². The molecular formula is C6H11Cl3N2O. The van der Waals surface area contributed by atoms with Gasteiger partial charge in [0.1, 0.15) is 4.33 Å². The van der Waals surface area contributed by atoms with Crippen molar-refractivity contribution < 1.29 is 4.79 Å². The van der Waals surface area contributed by atoms with Gasteiger partial charge in [-0.25, -0.2) is 0 Å². The molecule has 1 aliphatic rings. The van der Waals surface area contributed by atoms with E-state index in [0.29, 0.717) is 19.5 Å². The Kier molecular flexibility index (Phi) is 4.62. The van der Waals surface area contributed by atoms with Gasteiger partial charge < -0.3 is 11.1 Å². The minimum Gasteiger partial charge on any atom is -0.354 e. The van der Waals surface area contributed by atoms with Crippen LogP contribution in [-0.4, -0.2) is 23.3 Å². The molecule has 0 aliphatic heterocycles. The van der Waals surface area contributed by atoms with Gasteiger partial charge in [0, 0.05) is 13.1 Å². The van der Waals surface area contributed by atoms with Crippen molar-refractivity contribution in [3.8, 4) is 0 Å². The fourth-order valence-electron chi connectivity index (χ4n) is 0.816. The van der Waals surface area contributed by atoms with Crippen LogP contribution < -0.4 is 11.1 Å². The third-order valence-electron chi connectivity index (χ3n) is 1.59. The van der Waals surface area contributed by atoms with Crippen LogP contribution in [0.1, 0.15) is 6.42 Å². The summed E-state index contributed by atoms with van der Waals surface area (Å²) in [5, 5.41) is 2.62. The summed E-state index contributed by atoms with van der Waals surface area (Å²) >= 11 is 11.3. The third-order valence-corrected chi connectivity index (χ3v) is 2.42. The van der Waals surface area contributed by atoms with Gasteiger partial charge in [-0.15, -0.1) is 35.6 Å². The van der Waals surface area contributed by atoms with Crippen LogP contribution in [0.25, 0.3) is 0 Å². The average Bonchev–Trinajstić information content (AvgIpc) is 2.55. The molecule has 1 atom stereocenters. The van der Waals surface area contributed by atoms with E-state index in [1.807, 2.05) is 0 Å². The van der Waals surface area contributed by atoms with Gasteiger partial charge in [0.25, 0.3) is 0 Å². The Labute approximate surface area is 87.4 Å². The van der Waals surface area contributed by atoms with E-state index in [9.17, 15) is 4.79 Å². The molecule has 1 saturated carbocycles. The van der Waals surface area contributed by atoms with Crippen molar-refractivity contribution in [1.29, 1.82) is 0 Å². The van der Waals surface area contributed by atoms with Gasteiger partial charge in [-0.1, -0.05) is 0 Å².